The Morgan fingerprint density at radius 3 is 2.31 bits per heavy atom. The van der Waals surface area contributed by atoms with E-state index < -0.39 is 5.25 Å². The number of rotatable bonds is 3. The summed E-state index contributed by atoms with van der Waals surface area (Å²) in [5, 5.41) is 2.08. The van der Waals surface area contributed by atoms with Crippen LogP contribution in [0.1, 0.15) is 24.0 Å². The summed E-state index contributed by atoms with van der Waals surface area (Å²) in [5.74, 6) is -0.273. The van der Waals surface area contributed by atoms with E-state index in [1.807, 2.05) is 29.2 Å². The Labute approximate surface area is 210 Å². The summed E-state index contributed by atoms with van der Waals surface area (Å²) in [6, 6.07) is 14.1. The minimum atomic E-state index is -0.768. The molecule has 0 saturated carbocycles. The van der Waals surface area contributed by atoms with Crippen molar-refractivity contribution >= 4 is 40.9 Å². The highest BCUT2D eigenvalue weighted by Gasteiger charge is 2.38. The molecule has 7 nitrogen and oxygen atoms in total. The lowest BCUT2D eigenvalue weighted by molar-refractivity contribution is -0.141. The van der Waals surface area contributed by atoms with Gasteiger partial charge in [0.25, 0.3) is 0 Å². The van der Waals surface area contributed by atoms with Gasteiger partial charge in [0, 0.05) is 55.8 Å². The summed E-state index contributed by atoms with van der Waals surface area (Å²) in [7, 11) is 0. The number of anilines is 2. The summed E-state index contributed by atoms with van der Waals surface area (Å²) in [6.45, 7) is 8.40. The van der Waals surface area contributed by atoms with E-state index in [9.17, 15) is 14.4 Å². The van der Waals surface area contributed by atoms with Gasteiger partial charge in [-0.3, -0.25) is 14.4 Å². The summed E-state index contributed by atoms with van der Waals surface area (Å²) in [4.78, 5) is 45.9. The molecule has 8 heteroatoms. The first kappa shape index (κ1) is 23.7. The number of benzene rings is 2. The van der Waals surface area contributed by atoms with Crippen LogP contribution < -0.4 is 10.2 Å². The van der Waals surface area contributed by atoms with Crippen molar-refractivity contribution in [3.63, 3.8) is 0 Å². The Kier molecular flexibility index (Phi) is 6.73. The summed E-state index contributed by atoms with van der Waals surface area (Å²) in [5.41, 5.74) is 4.53. The van der Waals surface area contributed by atoms with Crippen molar-refractivity contribution in [2.75, 3.05) is 49.5 Å². The number of para-hydroxylation sites is 1. The van der Waals surface area contributed by atoms with Crippen molar-refractivity contribution in [2.45, 2.75) is 36.8 Å². The number of nitrogens with zero attached hydrogens (tertiary/aromatic N) is 3. The first-order valence-electron chi connectivity index (χ1n) is 12.4. The quantitative estimate of drug-likeness (QED) is 0.666. The van der Waals surface area contributed by atoms with Crippen molar-refractivity contribution in [1.82, 2.24) is 9.80 Å². The number of hydrogen-bond donors (Lipinski definition) is 1. The van der Waals surface area contributed by atoms with Crippen molar-refractivity contribution in [3.05, 3.63) is 53.6 Å². The molecule has 0 bridgehead atoms. The lowest BCUT2D eigenvalue weighted by Crippen LogP contribution is -2.53. The Hall–Kier alpha value is -3.00. The number of fused-ring (bicyclic) bond motifs is 1. The number of thioether (sulfide) groups is 1. The van der Waals surface area contributed by atoms with Gasteiger partial charge in [-0.2, -0.15) is 0 Å². The molecule has 1 N–H and O–H groups in total. The molecule has 2 saturated heterocycles. The monoisotopic (exact) mass is 492 g/mol. The minimum absolute atomic E-state index is 0.0557. The van der Waals surface area contributed by atoms with Crippen LogP contribution in [0.25, 0.3) is 0 Å². The van der Waals surface area contributed by atoms with E-state index in [1.165, 1.54) is 28.6 Å². The van der Waals surface area contributed by atoms with Gasteiger partial charge in [-0.05, 0) is 56.0 Å². The fraction of sp³-hybridized carbons (Fsp3) is 0.444. The highest BCUT2D eigenvalue weighted by atomic mass is 32.2. The van der Waals surface area contributed by atoms with Crippen molar-refractivity contribution in [1.29, 1.82) is 0 Å². The van der Waals surface area contributed by atoms with Crippen LogP contribution in [0.4, 0.5) is 11.4 Å². The van der Waals surface area contributed by atoms with Crippen molar-refractivity contribution in [2.24, 2.45) is 5.92 Å². The van der Waals surface area contributed by atoms with Crippen LogP contribution in [-0.4, -0.2) is 72.0 Å². The molecule has 3 aliphatic rings. The van der Waals surface area contributed by atoms with Crippen LogP contribution >= 0.6 is 11.8 Å². The zero-order chi connectivity index (χ0) is 24.5. The topological polar surface area (TPSA) is 73.0 Å². The maximum absolute atomic E-state index is 13.2. The Morgan fingerprint density at radius 2 is 1.57 bits per heavy atom. The van der Waals surface area contributed by atoms with Gasteiger partial charge < -0.3 is 20.0 Å². The molecule has 0 radical (unpaired) electrons. The van der Waals surface area contributed by atoms with Crippen LogP contribution in [0.15, 0.2) is 47.4 Å². The van der Waals surface area contributed by atoms with Gasteiger partial charge in [0.15, 0.2) is 5.25 Å². The van der Waals surface area contributed by atoms with Crippen LogP contribution in [0.2, 0.25) is 0 Å². The van der Waals surface area contributed by atoms with Crippen molar-refractivity contribution in [3.8, 4) is 0 Å². The number of hydrogen-bond acceptors (Lipinski definition) is 5. The van der Waals surface area contributed by atoms with Crippen LogP contribution in [-0.2, 0) is 14.4 Å². The number of carbonyl (C=O) groups is 3. The second kappa shape index (κ2) is 9.93. The molecule has 0 aromatic heterocycles. The number of piperidine rings is 1. The molecule has 2 fully saturated rings. The number of carbonyl (C=O) groups excluding carboxylic acids is 3. The maximum atomic E-state index is 13.2. The molecule has 1 atom stereocenters. The van der Waals surface area contributed by atoms with Crippen molar-refractivity contribution < 1.29 is 14.4 Å². The lowest BCUT2D eigenvalue weighted by atomic mass is 9.94. The van der Waals surface area contributed by atoms with Gasteiger partial charge >= 0.3 is 0 Å². The third-order valence-electron chi connectivity index (χ3n) is 7.30. The molecule has 0 spiro atoms. The molecule has 3 amide bonds. The van der Waals surface area contributed by atoms with Gasteiger partial charge in [0.2, 0.25) is 17.7 Å². The Balaban J connectivity index is 1.13. The number of aryl methyl sites for hydroxylation is 2. The van der Waals surface area contributed by atoms with Gasteiger partial charge in [0.05, 0.1) is 5.69 Å². The fourth-order valence-corrected chi connectivity index (χ4v) is 6.29. The third-order valence-corrected chi connectivity index (χ3v) is 8.57. The van der Waals surface area contributed by atoms with Gasteiger partial charge in [-0.1, -0.05) is 24.3 Å². The van der Waals surface area contributed by atoms with E-state index in [2.05, 4.69) is 42.3 Å². The zero-order valence-electron chi connectivity index (χ0n) is 20.3. The van der Waals surface area contributed by atoms with E-state index in [4.69, 9.17) is 0 Å². The van der Waals surface area contributed by atoms with Gasteiger partial charge in [-0.15, -0.1) is 11.8 Å². The number of likely N-dealkylation sites (tertiary alicyclic amines) is 1. The first-order chi connectivity index (χ1) is 16.9. The number of amides is 3. The van der Waals surface area contributed by atoms with E-state index in [0.717, 1.165) is 36.8 Å². The predicted molar refractivity (Wildman–Crippen MR) is 139 cm³/mol. The smallest absolute Gasteiger partial charge is 0.247 e. The van der Waals surface area contributed by atoms with E-state index in [0.29, 0.717) is 25.9 Å². The highest BCUT2D eigenvalue weighted by Crippen LogP contribution is 2.36. The number of nitrogens with one attached hydrogen (secondary N) is 1. The molecule has 0 aliphatic carbocycles. The number of piperazine rings is 1. The molecular formula is C27H32N4O3S. The van der Waals surface area contributed by atoms with Crippen LogP contribution in [0, 0.1) is 19.8 Å². The van der Waals surface area contributed by atoms with Gasteiger partial charge in [0.1, 0.15) is 0 Å². The van der Waals surface area contributed by atoms with Crippen LogP contribution in [0.5, 0.6) is 0 Å². The van der Waals surface area contributed by atoms with Gasteiger partial charge in [-0.25, -0.2) is 0 Å². The third kappa shape index (κ3) is 4.89. The zero-order valence-corrected chi connectivity index (χ0v) is 21.1. The molecule has 2 aromatic carbocycles. The van der Waals surface area contributed by atoms with E-state index in [-0.39, 0.29) is 23.6 Å². The normalized spacial score (nSPS) is 20.9. The SMILES string of the molecule is Cc1ccc(C)c(N2CCN(C(=O)C3CCN(C(=O)C4Sc5ccccc5NC4=O)CC3)CC2)c1. The maximum Gasteiger partial charge on any atom is 0.247 e. The molecule has 1 unspecified atom stereocenters. The average Bonchev–Trinajstić information content (AvgIpc) is 2.89. The molecule has 35 heavy (non-hydrogen) atoms. The predicted octanol–water partition coefficient (Wildman–Crippen LogP) is 3.30. The van der Waals surface area contributed by atoms with Crippen LogP contribution in [0.3, 0.4) is 0 Å². The summed E-state index contributed by atoms with van der Waals surface area (Å²) in [6.07, 6.45) is 1.30. The molecule has 2 aromatic rings. The lowest BCUT2D eigenvalue weighted by Gasteiger charge is -2.40. The average molecular weight is 493 g/mol. The standard InChI is InChI=1S/C27H32N4O3S/c1-18-7-8-19(2)22(17-18)29-13-15-31(16-14-29)26(33)20-9-11-30(12-10-20)27(34)24-25(32)28-21-5-3-4-6-23(21)35-24/h3-8,17,20,24H,9-16H2,1-2H3,(H,28,32). The second-order valence-electron chi connectivity index (χ2n) is 9.69. The molecule has 5 rings (SSSR count). The molecular weight excluding hydrogens is 460 g/mol. The molecule has 3 aliphatic heterocycles. The molecule has 184 valence electrons. The fourth-order valence-electron chi connectivity index (χ4n) is 5.21. The second-order valence-corrected chi connectivity index (χ2v) is 10.8. The van der Waals surface area contributed by atoms with E-state index >= 15 is 0 Å². The summed E-state index contributed by atoms with van der Waals surface area (Å²) < 4.78 is 0. The Bertz CT molecular complexity index is 1140. The Morgan fingerprint density at radius 1 is 0.886 bits per heavy atom. The summed E-state index contributed by atoms with van der Waals surface area (Å²) >= 11 is 1.31. The molecule has 3 heterocycles. The van der Waals surface area contributed by atoms with E-state index in [1.54, 1.807) is 4.90 Å². The highest BCUT2D eigenvalue weighted by molar-refractivity contribution is 8.01. The largest absolute Gasteiger partial charge is 0.368 e. The minimum Gasteiger partial charge on any atom is -0.368 e. The first-order valence-corrected chi connectivity index (χ1v) is 13.2.